The van der Waals surface area contributed by atoms with Gasteiger partial charge in [-0.2, -0.15) is 5.10 Å². The number of carbonyl (C=O) groups is 1. The summed E-state index contributed by atoms with van der Waals surface area (Å²) in [6, 6.07) is 9.55. The molecule has 0 aliphatic carbocycles. The Morgan fingerprint density at radius 3 is 2.76 bits per heavy atom. The molecule has 0 atom stereocenters. The molecule has 4 nitrogen and oxygen atoms in total. The Morgan fingerprint density at radius 2 is 2.12 bits per heavy atom. The summed E-state index contributed by atoms with van der Waals surface area (Å²) in [6.07, 6.45) is 0. The number of nitrogens with zero attached hydrogens (tertiary/aromatic N) is 2. The Balaban J connectivity index is 2.32. The van der Waals surface area contributed by atoms with Crippen LogP contribution in [0.4, 0.5) is 0 Å². The summed E-state index contributed by atoms with van der Waals surface area (Å²) in [5.41, 5.74) is 3.15. The first-order chi connectivity index (χ1) is 8.06. The van der Waals surface area contributed by atoms with Crippen LogP contribution in [-0.2, 0) is 6.54 Å². The van der Waals surface area contributed by atoms with E-state index in [9.17, 15) is 4.79 Å². The van der Waals surface area contributed by atoms with Crippen LogP contribution >= 0.6 is 0 Å². The van der Waals surface area contributed by atoms with Crippen molar-refractivity contribution < 1.29 is 9.90 Å². The van der Waals surface area contributed by atoms with Gasteiger partial charge < -0.3 is 5.11 Å². The van der Waals surface area contributed by atoms with Gasteiger partial charge in [-0.25, -0.2) is 4.79 Å². The quantitative estimate of drug-likeness (QED) is 0.879. The van der Waals surface area contributed by atoms with Crippen molar-refractivity contribution in [2.45, 2.75) is 20.4 Å². The van der Waals surface area contributed by atoms with Crippen LogP contribution in [0.25, 0.3) is 0 Å². The van der Waals surface area contributed by atoms with Gasteiger partial charge in [0.25, 0.3) is 0 Å². The molecule has 1 N–H and O–H groups in total. The van der Waals surface area contributed by atoms with Crippen molar-refractivity contribution in [3.05, 3.63) is 52.8 Å². The van der Waals surface area contributed by atoms with Crippen LogP contribution in [0.15, 0.2) is 30.3 Å². The summed E-state index contributed by atoms with van der Waals surface area (Å²) >= 11 is 0. The molecular weight excluding hydrogens is 216 g/mol. The lowest BCUT2D eigenvalue weighted by Gasteiger charge is -2.05. The van der Waals surface area contributed by atoms with Gasteiger partial charge in [0.15, 0.2) is 0 Å². The van der Waals surface area contributed by atoms with Gasteiger partial charge in [0.05, 0.1) is 12.2 Å². The zero-order valence-electron chi connectivity index (χ0n) is 9.84. The number of aromatic nitrogens is 2. The molecule has 88 valence electrons. The maximum Gasteiger partial charge on any atom is 0.354 e. The minimum absolute atomic E-state index is 0.226. The van der Waals surface area contributed by atoms with Crippen LogP contribution in [0.3, 0.4) is 0 Å². The molecule has 1 heterocycles. The Bertz CT molecular complexity index is 558. The lowest BCUT2D eigenvalue weighted by Crippen LogP contribution is -2.10. The molecular formula is C13H14N2O2. The fourth-order valence-electron chi connectivity index (χ4n) is 1.82. The van der Waals surface area contributed by atoms with Crippen molar-refractivity contribution in [2.75, 3.05) is 0 Å². The van der Waals surface area contributed by atoms with Crippen LogP contribution in [-0.4, -0.2) is 20.9 Å². The topological polar surface area (TPSA) is 55.1 Å². The average molecular weight is 230 g/mol. The minimum Gasteiger partial charge on any atom is -0.477 e. The van der Waals surface area contributed by atoms with Crippen LogP contribution < -0.4 is 0 Å². The van der Waals surface area contributed by atoms with Crippen LogP contribution in [0.5, 0.6) is 0 Å². The van der Waals surface area contributed by atoms with Crippen molar-refractivity contribution in [3.8, 4) is 0 Å². The molecule has 0 aliphatic rings. The van der Waals surface area contributed by atoms with Gasteiger partial charge in [0.2, 0.25) is 0 Å². The van der Waals surface area contributed by atoms with Gasteiger partial charge in [-0.15, -0.1) is 0 Å². The second-order valence-corrected chi connectivity index (χ2v) is 4.12. The predicted octanol–water partition coefficient (Wildman–Crippen LogP) is 2.25. The minimum atomic E-state index is -0.946. The van der Waals surface area contributed by atoms with E-state index in [0.717, 1.165) is 16.8 Å². The first-order valence-electron chi connectivity index (χ1n) is 5.39. The van der Waals surface area contributed by atoms with E-state index in [-0.39, 0.29) is 5.69 Å². The SMILES string of the molecule is Cc1cccc(Cn2nc(C)cc2C(=O)O)c1. The third-order valence-corrected chi connectivity index (χ3v) is 2.54. The highest BCUT2D eigenvalue weighted by Gasteiger charge is 2.12. The molecule has 0 bridgehead atoms. The van der Waals surface area contributed by atoms with Crippen molar-refractivity contribution in [1.29, 1.82) is 0 Å². The zero-order valence-corrected chi connectivity index (χ0v) is 9.84. The molecule has 1 aromatic heterocycles. The van der Waals surface area contributed by atoms with Crippen molar-refractivity contribution in [3.63, 3.8) is 0 Å². The Kier molecular flexibility index (Phi) is 2.95. The van der Waals surface area contributed by atoms with Gasteiger partial charge in [-0.1, -0.05) is 29.8 Å². The molecule has 0 amide bonds. The lowest BCUT2D eigenvalue weighted by molar-refractivity contribution is 0.0684. The maximum absolute atomic E-state index is 11.0. The molecule has 0 aliphatic heterocycles. The van der Waals surface area contributed by atoms with E-state index in [1.54, 1.807) is 13.0 Å². The monoisotopic (exact) mass is 230 g/mol. The van der Waals surface area contributed by atoms with E-state index in [4.69, 9.17) is 5.11 Å². The highest BCUT2D eigenvalue weighted by atomic mass is 16.4. The van der Waals surface area contributed by atoms with Crippen molar-refractivity contribution in [1.82, 2.24) is 9.78 Å². The van der Waals surface area contributed by atoms with E-state index < -0.39 is 5.97 Å². The Hall–Kier alpha value is -2.10. The predicted molar refractivity (Wildman–Crippen MR) is 64.2 cm³/mol. The van der Waals surface area contributed by atoms with Gasteiger partial charge in [-0.3, -0.25) is 4.68 Å². The molecule has 0 saturated heterocycles. The number of aromatic carboxylic acids is 1. The summed E-state index contributed by atoms with van der Waals surface area (Å²) < 4.78 is 1.52. The van der Waals surface area contributed by atoms with Gasteiger partial charge in [-0.05, 0) is 25.5 Å². The third kappa shape index (κ3) is 2.53. The Labute approximate surface area is 99.5 Å². The number of benzene rings is 1. The first-order valence-corrected chi connectivity index (χ1v) is 5.39. The molecule has 0 radical (unpaired) electrons. The summed E-state index contributed by atoms with van der Waals surface area (Å²) in [6.45, 7) is 4.28. The van der Waals surface area contributed by atoms with Crippen LogP contribution in [0.1, 0.15) is 27.3 Å². The molecule has 0 spiro atoms. The maximum atomic E-state index is 11.0. The summed E-state index contributed by atoms with van der Waals surface area (Å²) in [4.78, 5) is 11.0. The van der Waals surface area contributed by atoms with E-state index in [2.05, 4.69) is 5.10 Å². The Morgan fingerprint density at radius 1 is 1.35 bits per heavy atom. The number of hydrogen-bond acceptors (Lipinski definition) is 2. The fraction of sp³-hybridized carbons (Fsp3) is 0.231. The number of hydrogen-bond donors (Lipinski definition) is 1. The number of carboxylic acids is 1. The van der Waals surface area contributed by atoms with Gasteiger partial charge in [0, 0.05) is 0 Å². The first kappa shape index (κ1) is 11.4. The number of rotatable bonds is 3. The number of carboxylic acid groups (broad SMARTS) is 1. The molecule has 2 aromatic rings. The second-order valence-electron chi connectivity index (χ2n) is 4.12. The highest BCUT2D eigenvalue weighted by Crippen LogP contribution is 2.10. The fourth-order valence-corrected chi connectivity index (χ4v) is 1.82. The van der Waals surface area contributed by atoms with Crippen LogP contribution in [0.2, 0.25) is 0 Å². The summed E-state index contributed by atoms with van der Waals surface area (Å²) in [5, 5.41) is 13.2. The standard InChI is InChI=1S/C13H14N2O2/c1-9-4-3-5-11(6-9)8-15-12(13(16)17)7-10(2)14-15/h3-7H,8H2,1-2H3,(H,16,17). The van der Waals surface area contributed by atoms with Gasteiger partial charge in [0.1, 0.15) is 5.69 Å². The summed E-state index contributed by atoms with van der Waals surface area (Å²) in [5.74, 6) is -0.946. The van der Waals surface area contributed by atoms with E-state index in [1.807, 2.05) is 31.2 Å². The molecule has 1 aromatic carbocycles. The van der Waals surface area contributed by atoms with Crippen molar-refractivity contribution in [2.24, 2.45) is 0 Å². The molecule has 17 heavy (non-hydrogen) atoms. The summed E-state index contributed by atoms with van der Waals surface area (Å²) in [7, 11) is 0. The zero-order chi connectivity index (χ0) is 12.4. The smallest absolute Gasteiger partial charge is 0.354 e. The largest absolute Gasteiger partial charge is 0.477 e. The molecule has 2 rings (SSSR count). The molecule has 0 fully saturated rings. The normalized spacial score (nSPS) is 10.5. The highest BCUT2D eigenvalue weighted by molar-refractivity contribution is 5.85. The van der Waals surface area contributed by atoms with E-state index in [1.165, 1.54) is 4.68 Å². The van der Waals surface area contributed by atoms with Crippen molar-refractivity contribution >= 4 is 5.97 Å². The van der Waals surface area contributed by atoms with E-state index >= 15 is 0 Å². The molecule has 0 unspecified atom stereocenters. The molecule has 4 heteroatoms. The lowest BCUT2D eigenvalue weighted by atomic mass is 10.1. The van der Waals surface area contributed by atoms with Gasteiger partial charge >= 0.3 is 5.97 Å². The number of aryl methyl sites for hydroxylation is 2. The third-order valence-electron chi connectivity index (χ3n) is 2.54. The van der Waals surface area contributed by atoms with Crippen LogP contribution in [0, 0.1) is 13.8 Å². The second kappa shape index (κ2) is 4.41. The molecule has 0 saturated carbocycles. The average Bonchev–Trinajstić information content (AvgIpc) is 2.59. The van der Waals surface area contributed by atoms with E-state index in [0.29, 0.717) is 6.54 Å².